The molecule has 3 aromatic carbocycles. The van der Waals surface area contributed by atoms with Crippen LogP contribution in [0.4, 0.5) is 5.69 Å². The molecule has 0 fully saturated rings. The van der Waals surface area contributed by atoms with Crippen LogP contribution in [-0.2, 0) is 21.4 Å². The summed E-state index contributed by atoms with van der Waals surface area (Å²) >= 11 is 0. The highest BCUT2D eigenvalue weighted by Gasteiger charge is 2.27. The Morgan fingerprint density at radius 1 is 0.882 bits per heavy atom. The largest absolute Gasteiger partial charge is 0.457 e. The van der Waals surface area contributed by atoms with Crippen LogP contribution in [-0.4, -0.2) is 26.4 Å². The molecule has 0 aliphatic heterocycles. The quantitative estimate of drug-likeness (QED) is 0.332. The molecular weight excluding hydrogens is 452 g/mol. The molecule has 0 aliphatic carbocycles. The lowest BCUT2D eigenvalue weighted by molar-refractivity contribution is 0.0466. The molecule has 34 heavy (non-hydrogen) atoms. The molecule has 0 atom stereocenters. The first-order valence-electron chi connectivity index (χ1n) is 10.4. The number of carbonyl (C=O) groups excluding carboxylic acids is 1. The van der Waals surface area contributed by atoms with Gasteiger partial charge in [-0.15, -0.1) is 0 Å². The molecule has 0 bridgehead atoms. The van der Waals surface area contributed by atoms with E-state index in [1.165, 1.54) is 19.2 Å². The molecule has 172 valence electrons. The third kappa shape index (κ3) is 5.07. The number of nitrogens with zero attached hydrogens (tertiary/aromatic N) is 2. The maximum atomic E-state index is 13.3. The Kier molecular flexibility index (Phi) is 6.89. The summed E-state index contributed by atoms with van der Waals surface area (Å²) in [5, 5.41) is 0. The molecule has 0 saturated heterocycles. The third-order valence-corrected chi connectivity index (χ3v) is 6.90. The number of pyridine rings is 1. The topological polar surface area (TPSA) is 85.8 Å². The second-order valence-corrected chi connectivity index (χ2v) is 9.22. The van der Waals surface area contributed by atoms with Gasteiger partial charge in [0.1, 0.15) is 23.0 Å². The summed E-state index contributed by atoms with van der Waals surface area (Å²) < 4.78 is 39.0. The minimum absolute atomic E-state index is 0.0454. The number of ether oxygens (including phenoxy) is 2. The Bertz CT molecular complexity index is 1380. The monoisotopic (exact) mass is 474 g/mol. The number of sulfonamides is 1. The lowest BCUT2D eigenvalue weighted by atomic mass is 10.2. The number of rotatable bonds is 8. The highest BCUT2D eigenvalue weighted by Crippen LogP contribution is 2.27. The van der Waals surface area contributed by atoms with Crippen molar-refractivity contribution >= 4 is 21.7 Å². The summed E-state index contributed by atoms with van der Waals surface area (Å²) in [7, 11) is -2.56. The summed E-state index contributed by atoms with van der Waals surface area (Å²) in [6.07, 6.45) is 3.22. The van der Waals surface area contributed by atoms with E-state index in [9.17, 15) is 13.2 Å². The third-order valence-electron chi connectivity index (χ3n) is 5.06. The predicted molar refractivity (Wildman–Crippen MR) is 128 cm³/mol. The minimum atomic E-state index is -4.00. The Balaban J connectivity index is 1.55. The van der Waals surface area contributed by atoms with Gasteiger partial charge in [0.25, 0.3) is 10.0 Å². The lowest BCUT2D eigenvalue weighted by Gasteiger charge is -2.21. The van der Waals surface area contributed by atoms with Crippen molar-refractivity contribution in [2.45, 2.75) is 11.5 Å². The second kappa shape index (κ2) is 10.2. The van der Waals surface area contributed by atoms with Crippen molar-refractivity contribution in [3.63, 3.8) is 0 Å². The number of hydrogen-bond acceptors (Lipinski definition) is 6. The smallest absolute Gasteiger partial charge is 0.339 e. The van der Waals surface area contributed by atoms with Crippen LogP contribution < -0.4 is 9.04 Å². The van der Waals surface area contributed by atoms with Gasteiger partial charge in [-0.1, -0.05) is 48.5 Å². The fourth-order valence-corrected chi connectivity index (χ4v) is 4.64. The molecule has 1 heterocycles. The van der Waals surface area contributed by atoms with E-state index in [1.807, 2.05) is 0 Å². The maximum absolute atomic E-state index is 13.3. The van der Waals surface area contributed by atoms with Gasteiger partial charge < -0.3 is 9.47 Å². The number of esters is 1. The van der Waals surface area contributed by atoms with Crippen molar-refractivity contribution in [1.29, 1.82) is 0 Å². The van der Waals surface area contributed by atoms with Gasteiger partial charge in [-0.2, -0.15) is 0 Å². The fraction of sp³-hybridized carbons (Fsp3) is 0.0769. The van der Waals surface area contributed by atoms with E-state index in [4.69, 9.17) is 9.47 Å². The molecule has 7 nitrogen and oxygen atoms in total. The van der Waals surface area contributed by atoms with Crippen molar-refractivity contribution in [2.75, 3.05) is 11.4 Å². The summed E-state index contributed by atoms with van der Waals surface area (Å²) in [5.41, 5.74) is 1.06. The van der Waals surface area contributed by atoms with E-state index >= 15 is 0 Å². The summed E-state index contributed by atoms with van der Waals surface area (Å²) in [6, 6.07) is 25.3. The fourth-order valence-electron chi connectivity index (χ4n) is 3.26. The van der Waals surface area contributed by atoms with Crippen molar-refractivity contribution in [3.05, 3.63) is 115 Å². The zero-order valence-electron chi connectivity index (χ0n) is 18.4. The number of para-hydroxylation sites is 2. The summed E-state index contributed by atoms with van der Waals surface area (Å²) in [5.74, 6) is 0.298. The van der Waals surface area contributed by atoms with E-state index in [1.54, 1.807) is 91.3 Å². The first kappa shape index (κ1) is 23.0. The van der Waals surface area contributed by atoms with Crippen LogP contribution in [0.3, 0.4) is 0 Å². The van der Waals surface area contributed by atoms with E-state index in [2.05, 4.69) is 4.98 Å². The minimum Gasteiger partial charge on any atom is -0.457 e. The average molecular weight is 475 g/mol. The summed E-state index contributed by atoms with van der Waals surface area (Å²) in [6.45, 7) is -0.0990. The Morgan fingerprint density at radius 3 is 2.35 bits per heavy atom. The van der Waals surface area contributed by atoms with Crippen LogP contribution >= 0.6 is 0 Å². The molecule has 0 aliphatic rings. The van der Waals surface area contributed by atoms with Crippen molar-refractivity contribution in [2.24, 2.45) is 0 Å². The number of carbonyl (C=O) groups is 1. The number of anilines is 1. The molecule has 0 radical (unpaired) electrons. The van der Waals surface area contributed by atoms with Crippen LogP contribution in [0.1, 0.15) is 15.9 Å². The van der Waals surface area contributed by atoms with E-state index in [-0.39, 0.29) is 17.1 Å². The molecule has 4 rings (SSSR count). The Labute approximate surface area is 198 Å². The second-order valence-electron chi connectivity index (χ2n) is 7.28. The van der Waals surface area contributed by atoms with Gasteiger partial charge in [-0.25, -0.2) is 13.2 Å². The van der Waals surface area contributed by atoms with E-state index < -0.39 is 16.0 Å². The van der Waals surface area contributed by atoms with Gasteiger partial charge in [0.05, 0.1) is 17.4 Å². The van der Waals surface area contributed by atoms with Crippen LogP contribution in [0.25, 0.3) is 0 Å². The molecule has 0 N–H and O–H groups in total. The molecule has 0 spiro atoms. The first-order valence-corrected chi connectivity index (χ1v) is 11.9. The normalized spacial score (nSPS) is 11.0. The molecule has 0 unspecified atom stereocenters. The van der Waals surface area contributed by atoms with Gasteiger partial charge in [0.2, 0.25) is 0 Å². The van der Waals surface area contributed by atoms with Gasteiger partial charge in [-0.3, -0.25) is 9.29 Å². The van der Waals surface area contributed by atoms with E-state index in [0.717, 1.165) is 4.31 Å². The predicted octanol–water partition coefficient (Wildman–Crippen LogP) is 5.06. The Morgan fingerprint density at radius 2 is 1.59 bits per heavy atom. The van der Waals surface area contributed by atoms with Gasteiger partial charge in [0.15, 0.2) is 0 Å². The van der Waals surface area contributed by atoms with E-state index in [0.29, 0.717) is 22.7 Å². The van der Waals surface area contributed by atoms with Crippen LogP contribution in [0.5, 0.6) is 11.5 Å². The van der Waals surface area contributed by atoms with Crippen LogP contribution in [0.2, 0.25) is 0 Å². The zero-order valence-corrected chi connectivity index (χ0v) is 19.2. The highest BCUT2D eigenvalue weighted by molar-refractivity contribution is 7.92. The zero-order chi connectivity index (χ0) is 24.0. The van der Waals surface area contributed by atoms with Gasteiger partial charge in [-0.05, 0) is 42.5 Å². The molecule has 8 heteroatoms. The number of aromatic nitrogens is 1. The summed E-state index contributed by atoms with van der Waals surface area (Å²) in [4.78, 5) is 16.8. The van der Waals surface area contributed by atoms with Gasteiger partial charge in [0, 0.05) is 18.8 Å². The van der Waals surface area contributed by atoms with Crippen molar-refractivity contribution < 1.29 is 22.7 Å². The standard InChI is InChI=1S/C26H22N2O5S/c1-28(21-11-3-2-4-12-21)34(30,31)25-16-8-6-14-23(25)26(29)32-19-20-10-5-7-15-24(20)33-22-13-9-17-27-18-22/h2-18H,19H2,1H3. The maximum Gasteiger partial charge on any atom is 0.339 e. The van der Waals surface area contributed by atoms with Crippen molar-refractivity contribution in [1.82, 2.24) is 4.98 Å². The average Bonchev–Trinajstić information content (AvgIpc) is 2.88. The highest BCUT2D eigenvalue weighted by atomic mass is 32.2. The number of hydrogen-bond donors (Lipinski definition) is 0. The molecule has 1 aromatic heterocycles. The lowest BCUT2D eigenvalue weighted by Crippen LogP contribution is -2.28. The first-order chi connectivity index (χ1) is 16.5. The SMILES string of the molecule is CN(c1ccccc1)S(=O)(=O)c1ccccc1C(=O)OCc1ccccc1Oc1cccnc1. The number of benzene rings is 3. The van der Waals surface area contributed by atoms with Crippen molar-refractivity contribution in [3.8, 4) is 11.5 Å². The van der Waals surface area contributed by atoms with Gasteiger partial charge >= 0.3 is 5.97 Å². The van der Waals surface area contributed by atoms with Crippen LogP contribution in [0, 0.1) is 0 Å². The van der Waals surface area contributed by atoms with Crippen LogP contribution in [0.15, 0.2) is 108 Å². The molecule has 0 amide bonds. The molecule has 4 aromatic rings. The molecule has 0 saturated carbocycles. The Hall–Kier alpha value is -4.17. The molecular formula is C26H22N2O5S.